The molecule has 0 aromatic heterocycles. The fraction of sp³-hybridized carbons (Fsp3) is 0.920. The maximum absolute atomic E-state index is 12.0. The van der Waals surface area contributed by atoms with Crippen LogP contribution in [0, 0.1) is 10.8 Å². The highest BCUT2D eigenvalue weighted by molar-refractivity contribution is 5.76. The van der Waals surface area contributed by atoms with Gasteiger partial charge in [0.05, 0.1) is 0 Å². The number of amides is 2. The Balaban J connectivity index is 3.56. The average Bonchev–Trinajstić information content (AvgIpc) is 2.65. The van der Waals surface area contributed by atoms with E-state index in [4.69, 9.17) is 4.74 Å². The first-order valence-electron chi connectivity index (χ1n) is 12.2. The molecule has 0 aliphatic carbocycles. The Morgan fingerprint density at radius 1 is 0.733 bits per heavy atom. The summed E-state index contributed by atoms with van der Waals surface area (Å²) in [5.74, 6) is 0.318. The van der Waals surface area contributed by atoms with Crippen LogP contribution in [0.15, 0.2) is 0 Å². The molecule has 0 bridgehead atoms. The number of hydrogen-bond acceptors (Lipinski definition) is 3. The largest absolute Gasteiger partial charge is 0.381 e. The molecule has 0 fully saturated rings. The molecule has 0 atom stereocenters. The van der Waals surface area contributed by atoms with E-state index in [1.165, 1.54) is 0 Å². The minimum Gasteiger partial charge on any atom is -0.381 e. The van der Waals surface area contributed by atoms with Crippen LogP contribution in [0.25, 0.3) is 0 Å². The van der Waals surface area contributed by atoms with Gasteiger partial charge in [0.2, 0.25) is 11.8 Å². The van der Waals surface area contributed by atoms with Crippen molar-refractivity contribution in [2.75, 3.05) is 26.3 Å². The van der Waals surface area contributed by atoms with Gasteiger partial charge in [0.1, 0.15) is 0 Å². The molecule has 178 valence electrons. The van der Waals surface area contributed by atoms with Gasteiger partial charge < -0.3 is 15.4 Å². The molecule has 0 saturated carbocycles. The topological polar surface area (TPSA) is 67.4 Å². The smallest absolute Gasteiger partial charge is 0.220 e. The molecular weight excluding hydrogens is 376 g/mol. The van der Waals surface area contributed by atoms with Crippen LogP contribution in [-0.2, 0) is 14.3 Å². The van der Waals surface area contributed by atoms with Crippen LogP contribution in [0.5, 0.6) is 0 Å². The SMILES string of the molecule is CCCOCCC(C)(C)CNC(=O)CCCCCCCC(=O)NCCCC(C)(C)C. The zero-order valence-electron chi connectivity index (χ0n) is 20.8. The molecule has 0 unspecified atom stereocenters. The van der Waals surface area contributed by atoms with Gasteiger partial charge in [0, 0.05) is 39.1 Å². The van der Waals surface area contributed by atoms with Gasteiger partial charge in [-0.1, -0.05) is 60.8 Å². The molecule has 0 saturated heterocycles. The van der Waals surface area contributed by atoms with Gasteiger partial charge in [-0.05, 0) is 49.4 Å². The molecule has 0 aromatic carbocycles. The molecule has 0 spiro atoms. The third-order valence-electron chi connectivity index (χ3n) is 5.27. The summed E-state index contributed by atoms with van der Waals surface area (Å²) in [5, 5.41) is 6.08. The second kappa shape index (κ2) is 16.6. The van der Waals surface area contributed by atoms with E-state index >= 15 is 0 Å². The summed E-state index contributed by atoms with van der Waals surface area (Å²) >= 11 is 0. The average molecular weight is 427 g/mol. The van der Waals surface area contributed by atoms with Gasteiger partial charge in [0.25, 0.3) is 0 Å². The van der Waals surface area contributed by atoms with Crippen LogP contribution in [0.4, 0.5) is 0 Å². The van der Waals surface area contributed by atoms with Crippen molar-refractivity contribution >= 4 is 11.8 Å². The molecule has 2 amide bonds. The first-order chi connectivity index (χ1) is 14.1. The van der Waals surface area contributed by atoms with Crippen molar-refractivity contribution in [3.05, 3.63) is 0 Å². The van der Waals surface area contributed by atoms with Crippen LogP contribution >= 0.6 is 0 Å². The quantitative estimate of drug-likeness (QED) is 0.280. The molecule has 0 aliphatic rings. The first kappa shape index (κ1) is 28.9. The molecule has 0 heterocycles. The number of hydrogen-bond donors (Lipinski definition) is 2. The van der Waals surface area contributed by atoms with Crippen molar-refractivity contribution in [3.8, 4) is 0 Å². The van der Waals surface area contributed by atoms with E-state index in [0.717, 1.165) is 77.5 Å². The summed E-state index contributed by atoms with van der Waals surface area (Å²) in [6.07, 6.45) is 10.4. The summed E-state index contributed by atoms with van der Waals surface area (Å²) < 4.78 is 5.55. The third-order valence-corrected chi connectivity index (χ3v) is 5.27. The van der Waals surface area contributed by atoms with Gasteiger partial charge in [-0.15, -0.1) is 0 Å². The maximum atomic E-state index is 12.0. The van der Waals surface area contributed by atoms with Gasteiger partial charge in [-0.3, -0.25) is 9.59 Å². The molecule has 2 N–H and O–H groups in total. The van der Waals surface area contributed by atoms with Crippen molar-refractivity contribution in [1.29, 1.82) is 0 Å². The normalized spacial score (nSPS) is 12.1. The number of unbranched alkanes of at least 4 members (excludes halogenated alkanes) is 4. The van der Waals surface area contributed by atoms with E-state index in [0.29, 0.717) is 24.8 Å². The Morgan fingerprint density at radius 3 is 1.87 bits per heavy atom. The monoisotopic (exact) mass is 426 g/mol. The van der Waals surface area contributed by atoms with Gasteiger partial charge in [-0.2, -0.15) is 0 Å². The summed E-state index contributed by atoms with van der Waals surface area (Å²) in [4.78, 5) is 23.9. The third kappa shape index (κ3) is 20.2. The minimum atomic E-state index is 0.0662. The Kier molecular flexibility index (Phi) is 16.0. The van der Waals surface area contributed by atoms with Crippen molar-refractivity contribution in [1.82, 2.24) is 10.6 Å². The Labute approximate surface area is 186 Å². The molecule has 0 radical (unpaired) electrons. The zero-order valence-corrected chi connectivity index (χ0v) is 20.8. The van der Waals surface area contributed by atoms with Crippen molar-refractivity contribution < 1.29 is 14.3 Å². The van der Waals surface area contributed by atoms with E-state index in [-0.39, 0.29) is 17.2 Å². The summed E-state index contributed by atoms with van der Waals surface area (Å²) in [6.45, 7) is 16.2. The van der Waals surface area contributed by atoms with Crippen molar-refractivity contribution in [2.45, 2.75) is 112 Å². The highest BCUT2D eigenvalue weighted by Gasteiger charge is 2.18. The standard InChI is InChI=1S/C25H50N2O3/c1-7-19-30-20-17-25(5,6)21-27-23(29)15-12-10-8-9-11-14-22(28)26-18-13-16-24(2,3)4/h7-21H2,1-6H3,(H,26,28)(H,27,29). The minimum absolute atomic E-state index is 0.0662. The molecule has 5 heteroatoms. The Morgan fingerprint density at radius 2 is 1.30 bits per heavy atom. The molecule has 30 heavy (non-hydrogen) atoms. The lowest BCUT2D eigenvalue weighted by Crippen LogP contribution is -2.34. The predicted molar refractivity (Wildman–Crippen MR) is 127 cm³/mol. The number of nitrogens with one attached hydrogen (secondary N) is 2. The van der Waals surface area contributed by atoms with E-state index in [1.54, 1.807) is 0 Å². The maximum Gasteiger partial charge on any atom is 0.220 e. The van der Waals surface area contributed by atoms with E-state index in [1.807, 2.05) is 0 Å². The molecule has 0 rings (SSSR count). The summed E-state index contributed by atoms with van der Waals surface area (Å²) in [5.41, 5.74) is 0.401. The number of carbonyl (C=O) groups is 2. The van der Waals surface area contributed by atoms with Crippen LogP contribution in [-0.4, -0.2) is 38.1 Å². The number of ether oxygens (including phenoxy) is 1. The molecule has 0 aliphatic heterocycles. The van der Waals surface area contributed by atoms with Crippen LogP contribution in [0.2, 0.25) is 0 Å². The Hall–Kier alpha value is -1.10. The van der Waals surface area contributed by atoms with Crippen LogP contribution in [0.3, 0.4) is 0 Å². The molecular formula is C25H50N2O3. The van der Waals surface area contributed by atoms with Gasteiger partial charge in [-0.25, -0.2) is 0 Å². The molecule has 0 aromatic rings. The second-order valence-electron chi connectivity index (χ2n) is 10.6. The number of carbonyl (C=O) groups excluding carboxylic acids is 2. The second-order valence-corrected chi connectivity index (χ2v) is 10.6. The van der Waals surface area contributed by atoms with E-state index < -0.39 is 0 Å². The fourth-order valence-electron chi connectivity index (χ4n) is 3.15. The van der Waals surface area contributed by atoms with E-state index in [2.05, 4.69) is 52.2 Å². The van der Waals surface area contributed by atoms with Gasteiger partial charge in [0.15, 0.2) is 0 Å². The van der Waals surface area contributed by atoms with Crippen LogP contribution < -0.4 is 10.6 Å². The Bertz CT molecular complexity index is 456. The fourth-order valence-corrected chi connectivity index (χ4v) is 3.15. The first-order valence-corrected chi connectivity index (χ1v) is 12.2. The predicted octanol–water partition coefficient (Wildman–Crippen LogP) is 5.62. The summed E-state index contributed by atoms with van der Waals surface area (Å²) in [6, 6.07) is 0. The summed E-state index contributed by atoms with van der Waals surface area (Å²) in [7, 11) is 0. The highest BCUT2D eigenvalue weighted by atomic mass is 16.5. The highest BCUT2D eigenvalue weighted by Crippen LogP contribution is 2.20. The lowest BCUT2D eigenvalue weighted by atomic mass is 9.89. The molecule has 5 nitrogen and oxygen atoms in total. The van der Waals surface area contributed by atoms with Crippen molar-refractivity contribution in [3.63, 3.8) is 0 Å². The lowest BCUT2D eigenvalue weighted by Gasteiger charge is -2.24. The van der Waals surface area contributed by atoms with E-state index in [9.17, 15) is 9.59 Å². The van der Waals surface area contributed by atoms with Gasteiger partial charge >= 0.3 is 0 Å². The zero-order chi connectivity index (χ0) is 22.9. The lowest BCUT2D eigenvalue weighted by molar-refractivity contribution is -0.122. The number of rotatable bonds is 18. The van der Waals surface area contributed by atoms with Crippen molar-refractivity contribution in [2.24, 2.45) is 10.8 Å². The van der Waals surface area contributed by atoms with Crippen LogP contribution in [0.1, 0.15) is 112 Å².